The number of nitro benzene ring substituents is 1. The SMILES string of the molecule is CC1CCCC(NC(=O)CCCn2c(=O)oc3cc([N+](=O)[O-])ccc32)C1C. The number of benzene rings is 1. The molecule has 3 rings (SSSR count). The van der Waals surface area contributed by atoms with Crippen molar-refractivity contribution in [1.29, 1.82) is 0 Å². The van der Waals surface area contributed by atoms with Crippen LogP contribution in [0.4, 0.5) is 5.69 Å². The van der Waals surface area contributed by atoms with Crippen LogP contribution in [0.5, 0.6) is 0 Å². The number of carbonyl (C=O) groups is 1. The van der Waals surface area contributed by atoms with Gasteiger partial charge in [-0.3, -0.25) is 19.5 Å². The first-order valence-electron chi connectivity index (χ1n) is 9.44. The minimum atomic E-state index is -0.569. The number of aromatic nitrogens is 1. The second kappa shape index (κ2) is 7.94. The maximum absolute atomic E-state index is 12.3. The number of amides is 1. The van der Waals surface area contributed by atoms with Crippen LogP contribution in [-0.2, 0) is 11.3 Å². The molecular weight excluding hydrogens is 350 g/mol. The van der Waals surface area contributed by atoms with Crippen molar-refractivity contribution in [3.8, 4) is 0 Å². The Morgan fingerprint density at radius 1 is 1.37 bits per heavy atom. The summed E-state index contributed by atoms with van der Waals surface area (Å²) in [5.74, 6) is 0.515. The first-order chi connectivity index (χ1) is 12.9. The van der Waals surface area contributed by atoms with Crippen molar-refractivity contribution in [3.05, 3.63) is 38.9 Å². The topological polar surface area (TPSA) is 107 Å². The van der Waals surface area contributed by atoms with Crippen LogP contribution >= 0.6 is 0 Å². The van der Waals surface area contributed by atoms with Gasteiger partial charge in [-0.15, -0.1) is 0 Å². The standard InChI is InChI=1S/C19H25N3O5/c1-12-5-3-6-15(13(12)2)20-18(23)7-4-10-21-16-9-8-14(22(25)26)11-17(16)27-19(21)24/h8-9,11-13,15H,3-7,10H2,1-2H3,(H,20,23). The molecule has 1 aromatic carbocycles. The predicted molar refractivity (Wildman–Crippen MR) is 100 cm³/mol. The van der Waals surface area contributed by atoms with E-state index >= 15 is 0 Å². The average Bonchev–Trinajstić information content (AvgIpc) is 2.93. The predicted octanol–water partition coefficient (Wildman–Crippen LogP) is 3.22. The largest absolute Gasteiger partial charge is 0.419 e. The number of nitrogens with one attached hydrogen (secondary N) is 1. The fraction of sp³-hybridized carbons (Fsp3) is 0.579. The molecule has 8 nitrogen and oxygen atoms in total. The van der Waals surface area contributed by atoms with Gasteiger partial charge in [0.05, 0.1) is 16.5 Å². The van der Waals surface area contributed by atoms with E-state index in [0.717, 1.165) is 12.8 Å². The van der Waals surface area contributed by atoms with Gasteiger partial charge < -0.3 is 9.73 Å². The summed E-state index contributed by atoms with van der Waals surface area (Å²) in [6.45, 7) is 4.74. The lowest BCUT2D eigenvalue weighted by Gasteiger charge is -2.34. The van der Waals surface area contributed by atoms with Gasteiger partial charge >= 0.3 is 5.76 Å². The average molecular weight is 375 g/mol. The summed E-state index contributed by atoms with van der Waals surface area (Å²) in [6, 6.07) is 4.31. The smallest absolute Gasteiger partial charge is 0.407 e. The van der Waals surface area contributed by atoms with Crippen LogP contribution in [0.2, 0.25) is 0 Å². The molecule has 8 heteroatoms. The van der Waals surface area contributed by atoms with E-state index in [1.807, 2.05) is 0 Å². The molecule has 1 aliphatic carbocycles. The number of hydrogen-bond acceptors (Lipinski definition) is 5. The van der Waals surface area contributed by atoms with Crippen LogP contribution in [0.1, 0.15) is 46.0 Å². The van der Waals surface area contributed by atoms with E-state index in [1.54, 1.807) is 0 Å². The molecule has 1 aromatic heterocycles. The molecule has 1 aliphatic rings. The summed E-state index contributed by atoms with van der Waals surface area (Å²) < 4.78 is 6.51. The van der Waals surface area contributed by atoms with Gasteiger partial charge in [-0.2, -0.15) is 0 Å². The normalized spacial score (nSPS) is 22.7. The third kappa shape index (κ3) is 4.20. The number of hydrogen-bond donors (Lipinski definition) is 1. The third-order valence-electron chi connectivity index (χ3n) is 5.70. The maximum Gasteiger partial charge on any atom is 0.419 e. The van der Waals surface area contributed by atoms with Crippen molar-refractivity contribution in [3.63, 3.8) is 0 Å². The Bertz CT molecular complexity index is 900. The highest BCUT2D eigenvalue weighted by Crippen LogP contribution is 2.29. The van der Waals surface area contributed by atoms with Gasteiger partial charge in [0.1, 0.15) is 0 Å². The lowest BCUT2D eigenvalue weighted by Crippen LogP contribution is -2.43. The number of non-ortho nitro benzene ring substituents is 1. The molecule has 0 bridgehead atoms. The zero-order chi connectivity index (χ0) is 19.6. The Balaban J connectivity index is 1.59. The summed E-state index contributed by atoms with van der Waals surface area (Å²) in [4.78, 5) is 34.6. The molecule has 3 unspecified atom stereocenters. The molecule has 1 saturated carbocycles. The van der Waals surface area contributed by atoms with Gasteiger partial charge in [0, 0.05) is 25.1 Å². The van der Waals surface area contributed by atoms with Crippen molar-refractivity contribution in [2.45, 2.75) is 58.5 Å². The molecule has 146 valence electrons. The molecule has 2 aromatic rings. The monoisotopic (exact) mass is 375 g/mol. The highest BCUT2D eigenvalue weighted by molar-refractivity contribution is 5.77. The van der Waals surface area contributed by atoms with Crippen LogP contribution < -0.4 is 11.1 Å². The Morgan fingerprint density at radius 3 is 2.89 bits per heavy atom. The van der Waals surface area contributed by atoms with Gasteiger partial charge in [0.15, 0.2) is 5.58 Å². The van der Waals surface area contributed by atoms with E-state index in [1.165, 1.54) is 29.2 Å². The quantitative estimate of drug-likeness (QED) is 0.616. The van der Waals surface area contributed by atoms with Crippen LogP contribution in [0, 0.1) is 22.0 Å². The molecule has 27 heavy (non-hydrogen) atoms. The Morgan fingerprint density at radius 2 is 2.15 bits per heavy atom. The summed E-state index contributed by atoms with van der Waals surface area (Å²) in [6.07, 6.45) is 4.18. The van der Waals surface area contributed by atoms with Crippen LogP contribution in [0.25, 0.3) is 11.1 Å². The zero-order valence-electron chi connectivity index (χ0n) is 15.6. The van der Waals surface area contributed by atoms with E-state index < -0.39 is 10.7 Å². The van der Waals surface area contributed by atoms with Crippen molar-refractivity contribution in [2.24, 2.45) is 11.8 Å². The van der Waals surface area contributed by atoms with E-state index in [-0.39, 0.29) is 23.2 Å². The van der Waals surface area contributed by atoms with E-state index in [9.17, 15) is 19.7 Å². The van der Waals surface area contributed by atoms with Gasteiger partial charge in [-0.05, 0) is 30.7 Å². The minimum Gasteiger partial charge on any atom is -0.407 e. The minimum absolute atomic E-state index is 0.00237. The first-order valence-corrected chi connectivity index (χ1v) is 9.44. The number of carbonyl (C=O) groups excluding carboxylic acids is 1. The van der Waals surface area contributed by atoms with Crippen molar-refractivity contribution >= 4 is 22.7 Å². The molecule has 0 radical (unpaired) electrons. The Labute approximate surface area is 156 Å². The second-order valence-corrected chi connectivity index (χ2v) is 7.47. The van der Waals surface area contributed by atoms with Crippen LogP contribution in [0.15, 0.2) is 27.4 Å². The summed E-state index contributed by atoms with van der Waals surface area (Å²) >= 11 is 0. The molecule has 1 amide bonds. The van der Waals surface area contributed by atoms with Crippen LogP contribution in [-0.4, -0.2) is 21.4 Å². The molecule has 3 atom stereocenters. The first kappa shape index (κ1) is 19.1. The number of fused-ring (bicyclic) bond motifs is 1. The molecular formula is C19H25N3O5. The second-order valence-electron chi connectivity index (χ2n) is 7.47. The van der Waals surface area contributed by atoms with Crippen LogP contribution in [0.3, 0.4) is 0 Å². The highest BCUT2D eigenvalue weighted by Gasteiger charge is 2.27. The maximum atomic E-state index is 12.3. The summed E-state index contributed by atoms with van der Waals surface area (Å²) in [5.41, 5.74) is 0.558. The lowest BCUT2D eigenvalue weighted by molar-refractivity contribution is -0.384. The number of aryl methyl sites for hydroxylation is 1. The molecule has 1 N–H and O–H groups in total. The molecule has 1 fully saturated rings. The van der Waals surface area contributed by atoms with Gasteiger partial charge in [0.25, 0.3) is 5.69 Å². The van der Waals surface area contributed by atoms with E-state index in [0.29, 0.717) is 36.7 Å². The van der Waals surface area contributed by atoms with E-state index in [2.05, 4.69) is 19.2 Å². The fourth-order valence-corrected chi connectivity index (χ4v) is 3.84. The highest BCUT2D eigenvalue weighted by atomic mass is 16.6. The zero-order valence-corrected chi connectivity index (χ0v) is 15.6. The molecule has 0 aliphatic heterocycles. The van der Waals surface area contributed by atoms with Crippen molar-refractivity contribution in [1.82, 2.24) is 9.88 Å². The van der Waals surface area contributed by atoms with Crippen molar-refractivity contribution < 1.29 is 14.1 Å². The number of nitrogens with zero attached hydrogens (tertiary/aromatic N) is 2. The summed E-state index contributed by atoms with van der Waals surface area (Å²) in [5, 5.41) is 14.0. The molecule has 1 heterocycles. The number of oxazole rings is 1. The Kier molecular flexibility index (Phi) is 5.62. The fourth-order valence-electron chi connectivity index (χ4n) is 3.84. The number of nitro groups is 1. The van der Waals surface area contributed by atoms with Gasteiger partial charge in [-0.25, -0.2) is 4.79 Å². The Hall–Kier alpha value is -2.64. The molecule has 0 saturated heterocycles. The van der Waals surface area contributed by atoms with E-state index in [4.69, 9.17) is 4.42 Å². The third-order valence-corrected chi connectivity index (χ3v) is 5.70. The lowest BCUT2D eigenvalue weighted by atomic mass is 9.78. The van der Waals surface area contributed by atoms with Crippen molar-refractivity contribution in [2.75, 3.05) is 0 Å². The number of rotatable bonds is 6. The molecule has 0 spiro atoms. The van der Waals surface area contributed by atoms with Gasteiger partial charge in [0.2, 0.25) is 5.91 Å². The summed E-state index contributed by atoms with van der Waals surface area (Å²) in [7, 11) is 0. The van der Waals surface area contributed by atoms with Gasteiger partial charge in [-0.1, -0.05) is 26.7 Å².